The minimum Gasteiger partial charge on any atom is -0.298 e. The Morgan fingerprint density at radius 3 is 2.54 bits per heavy atom. The quantitative estimate of drug-likeness (QED) is 0.823. The van der Waals surface area contributed by atoms with Crippen LogP contribution in [-0.2, 0) is 10.0 Å². The molecule has 1 aromatic heterocycles. The molecule has 9 heteroatoms. The minimum atomic E-state index is -3.75. The topological polar surface area (TPSA) is 79.4 Å². The summed E-state index contributed by atoms with van der Waals surface area (Å²) in [6.07, 6.45) is 1.65. The summed E-state index contributed by atoms with van der Waals surface area (Å²) in [5.41, 5.74) is 0.206. The number of thiazole rings is 1. The van der Waals surface area contributed by atoms with E-state index in [-0.39, 0.29) is 15.5 Å². The van der Waals surface area contributed by atoms with Crippen molar-refractivity contribution in [3.8, 4) is 0 Å². The summed E-state index contributed by atoms with van der Waals surface area (Å²) < 4.78 is 26.6. The van der Waals surface area contributed by atoms with Crippen molar-refractivity contribution in [1.29, 1.82) is 0 Å². The van der Waals surface area contributed by atoms with Crippen molar-refractivity contribution >= 4 is 44.0 Å². The van der Waals surface area contributed by atoms with Crippen molar-refractivity contribution in [2.24, 2.45) is 0 Å². The van der Waals surface area contributed by atoms with Crippen LogP contribution in [0.1, 0.15) is 29.1 Å². The highest BCUT2D eigenvalue weighted by molar-refractivity contribution is 7.89. The molecule has 0 aliphatic carbocycles. The van der Waals surface area contributed by atoms with Crippen LogP contribution in [0.3, 0.4) is 0 Å². The number of amides is 1. The third-order valence-corrected chi connectivity index (χ3v) is 6.72. The number of aromatic nitrogens is 1. The molecule has 24 heavy (non-hydrogen) atoms. The predicted molar refractivity (Wildman–Crippen MR) is 96.4 cm³/mol. The Morgan fingerprint density at radius 2 is 2.00 bits per heavy atom. The molecule has 1 amide bonds. The average molecular weight is 388 g/mol. The zero-order valence-corrected chi connectivity index (χ0v) is 15.9. The van der Waals surface area contributed by atoms with E-state index in [0.29, 0.717) is 18.2 Å². The fraction of sp³-hybridized carbons (Fsp3) is 0.333. The summed E-state index contributed by atoms with van der Waals surface area (Å²) in [5, 5.41) is 3.20. The molecular formula is C15H18ClN3O3S2. The molecule has 0 aliphatic heterocycles. The number of rotatable bonds is 6. The lowest BCUT2D eigenvalue weighted by atomic mass is 10.2. The molecular weight excluding hydrogens is 370 g/mol. The van der Waals surface area contributed by atoms with Crippen LogP contribution in [0.4, 0.5) is 5.13 Å². The van der Waals surface area contributed by atoms with Crippen LogP contribution in [0.25, 0.3) is 0 Å². The fourth-order valence-corrected chi connectivity index (χ4v) is 4.74. The molecule has 0 bridgehead atoms. The summed E-state index contributed by atoms with van der Waals surface area (Å²) in [5.74, 6) is -0.433. The first-order valence-electron chi connectivity index (χ1n) is 7.33. The lowest BCUT2D eigenvalue weighted by Crippen LogP contribution is -2.31. The number of carbonyl (C=O) groups is 1. The summed E-state index contributed by atoms with van der Waals surface area (Å²) >= 11 is 7.40. The number of anilines is 1. The van der Waals surface area contributed by atoms with Crippen molar-refractivity contribution in [1.82, 2.24) is 9.29 Å². The van der Waals surface area contributed by atoms with Gasteiger partial charge in [-0.2, -0.15) is 4.31 Å². The standard InChI is InChI=1S/C15H18ClN3O3S2/c1-4-19(5-2)24(21,22)13-8-11(6-7-12(13)16)14(20)18-15-17-9-10(3)23-15/h6-9H,4-5H2,1-3H3,(H,17,18,20). The molecule has 6 nitrogen and oxygen atoms in total. The number of benzene rings is 1. The van der Waals surface area contributed by atoms with Crippen molar-refractivity contribution in [3.05, 3.63) is 39.9 Å². The molecule has 2 rings (SSSR count). The van der Waals surface area contributed by atoms with Crippen molar-refractivity contribution in [3.63, 3.8) is 0 Å². The minimum absolute atomic E-state index is 0.0733. The maximum Gasteiger partial charge on any atom is 0.257 e. The van der Waals surface area contributed by atoms with Crippen LogP contribution in [0.15, 0.2) is 29.3 Å². The van der Waals surface area contributed by atoms with E-state index in [1.54, 1.807) is 20.0 Å². The van der Waals surface area contributed by atoms with Gasteiger partial charge in [0.15, 0.2) is 5.13 Å². The first-order valence-corrected chi connectivity index (χ1v) is 9.96. The maximum absolute atomic E-state index is 12.7. The third kappa shape index (κ3) is 3.94. The van der Waals surface area contributed by atoms with Gasteiger partial charge < -0.3 is 0 Å². The Balaban J connectivity index is 2.36. The Labute approximate surface area is 150 Å². The first-order chi connectivity index (χ1) is 11.3. The molecule has 0 unspecified atom stereocenters. The van der Waals surface area contributed by atoms with Gasteiger partial charge in [0.1, 0.15) is 4.90 Å². The Morgan fingerprint density at radius 1 is 1.33 bits per heavy atom. The molecule has 2 aromatic rings. The molecule has 0 atom stereocenters. The molecule has 0 spiro atoms. The van der Waals surface area contributed by atoms with E-state index in [4.69, 9.17) is 11.6 Å². The number of sulfonamides is 1. The second kappa shape index (κ2) is 7.60. The van der Waals surface area contributed by atoms with Crippen molar-refractivity contribution in [2.45, 2.75) is 25.7 Å². The van der Waals surface area contributed by atoms with E-state index in [1.807, 2.05) is 6.92 Å². The Bertz CT molecular complexity index is 845. The lowest BCUT2D eigenvalue weighted by molar-refractivity contribution is 0.102. The van der Waals surface area contributed by atoms with E-state index < -0.39 is 15.9 Å². The highest BCUT2D eigenvalue weighted by Crippen LogP contribution is 2.26. The normalized spacial score (nSPS) is 11.7. The highest BCUT2D eigenvalue weighted by atomic mass is 35.5. The predicted octanol–water partition coefficient (Wildman–Crippen LogP) is 3.39. The van der Waals surface area contributed by atoms with Crippen LogP contribution >= 0.6 is 22.9 Å². The molecule has 1 N–H and O–H groups in total. The zero-order valence-electron chi connectivity index (χ0n) is 13.5. The van der Waals surface area contributed by atoms with E-state index >= 15 is 0 Å². The van der Waals surface area contributed by atoms with Gasteiger partial charge in [-0.3, -0.25) is 10.1 Å². The molecule has 0 radical (unpaired) electrons. The van der Waals surface area contributed by atoms with E-state index in [9.17, 15) is 13.2 Å². The molecule has 0 saturated carbocycles. The molecule has 130 valence electrons. The SMILES string of the molecule is CCN(CC)S(=O)(=O)c1cc(C(=O)Nc2ncc(C)s2)ccc1Cl. The van der Waals surface area contributed by atoms with Gasteiger partial charge in [0.25, 0.3) is 5.91 Å². The van der Waals surface area contributed by atoms with Gasteiger partial charge in [0.05, 0.1) is 5.02 Å². The monoisotopic (exact) mass is 387 g/mol. The fourth-order valence-electron chi connectivity index (χ4n) is 2.13. The molecule has 1 aromatic carbocycles. The number of nitrogens with one attached hydrogen (secondary N) is 1. The zero-order chi connectivity index (χ0) is 17.9. The van der Waals surface area contributed by atoms with Gasteiger partial charge in [0.2, 0.25) is 10.0 Å². The second-order valence-corrected chi connectivity index (χ2v) is 8.51. The van der Waals surface area contributed by atoms with Gasteiger partial charge in [-0.1, -0.05) is 25.4 Å². The number of carbonyl (C=O) groups excluding carboxylic acids is 1. The van der Waals surface area contributed by atoms with E-state index in [0.717, 1.165) is 4.88 Å². The summed E-state index contributed by atoms with van der Waals surface area (Å²) in [4.78, 5) is 17.3. The third-order valence-electron chi connectivity index (χ3n) is 3.36. The number of hydrogen-bond donors (Lipinski definition) is 1. The average Bonchev–Trinajstić information content (AvgIpc) is 2.93. The van der Waals surface area contributed by atoms with Gasteiger partial charge in [-0.05, 0) is 25.1 Å². The van der Waals surface area contributed by atoms with Gasteiger partial charge in [-0.15, -0.1) is 11.3 Å². The summed E-state index contributed by atoms with van der Waals surface area (Å²) in [7, 11) is -3.75. The molecule has 1 heterocycles. The Kier molecular flexibility index (Phi) is 5.97. The van der Waals surface area contributed by atoms with E-state index in [1.165, 1.54) is 33.8 Å². The number of hydrogen-bond acceptors (Lipinski definition) is 5. The molecule has 0 aliphatic rings. The summed E-state index contributed by atoms with van der Waals surface area (Å²) in [6.45, 7) is 6.02. The smallest absolute Gasteiger partial charge is 0.257 e. The number of nitrogens with zero attached hydrogens (tertiary/aromatic N) is 2. The van der Waals surface area contributed by atoms with E-state index in [2.05, 4.69) is 10.3 Å². The van der Waals surface area contributed by atoms with Crippen molar-refractivity contribution < 1.29 is 13.2 Å². The number of aryl methyl sites for hydroxylation is 1. The van der Waals surface area contributed by atoms with Gasteiger partial charge in [0, 0.05) is 29.7 Å². The maximum atomic E-state index is 12.7. The van der Waals surface area contributed by atoms with Crippen LogP contribution in [0.5, 0.6) is 0 Å². The van der Waals surface area contributed by atoms with Crippen LogP contribution in [0.2, 0.25) is 5.02 Å². The molecule has 0 fully saturated rings. The molecule has 0 saturated heterocycles. The van der Waals surface area contributed by atoms with Gasteiger partial charge >= 0.3 is 0 Å². The largest absolute Gasteiger partial charge is 0.298 e. The highest BCUT2D eigenvalue weighted by Gasteiger charge is 2.25. The van der Waals surface area contributed by atoms with Crippen LogP contribution in [-0.4, -0.2) is 36.7 Å². The van der Waals surface area contributed by atoms with Gasteiger partial charge in [-0.25, -0.2) is 13.4 Å². The van der Waals surface area contributed by atoms with Crippen molar-refractivity contribution in [2.75, 3.05) is 18.4 Å². The Hall–Kier alpha value is -1.48. The lowest BCUT2D eigenvalue weighted by Gasteiger charge is -2.19. The second-order valence-electron chi connectivity index (χ2n) is 4.96. The van der Waals surface area contributed by atoms with Crippen LogP contribution in [0, 0.1) is 6.92 Å². The number of halogens is 1. The van der Waals surface area contributed by atoms with Crippen LogP contribution < -0.4 is 5.32 Å². The first kappa shape index (κ1) is 18.9. The summed E-state index contributed by atoms with van der Waals surface area (Å²) in [6, 6.07) is 4.20.